The molecule has 0 aromatic carbocycles. The summed E-state index contributed by atoms with van der Waals surface area (Å²) in [5, 5.41) is 10.9. The van der Waals surface area contributed by atoms with Gasteiger partial charge in [0.15, 0.2) is 5.82 Å². The van der Waals surface area contributed by atoms with Crippen LogP contribution in [0.1, 0.15) is 5.56 Å². The van der Waals surface area contributed by atoms with Crippen molar-refractivity contribution in [1.82, 2.24) is 4.98 Å². The molecule has 0 amide bonds. The van der Waals surface area contributed by atoms with Gasteiger partial charge in [0.25, 0.3) is 0 Å². The quantitative estimate of drug-likeness (QED) is 0.488. The third kappa shape index (κ3) is 0.812. The summed E-state index contributed by atoms with van der Waals surface area (Å²) < 4.78 is 12.9. The third-order valence-corrected chi connectivity index (χ3v) is 1.63. The van der Waals surface area contributed by atoms with Gasteiger partial charge in [-0.15, -0.1) is 6.26 Å². The smallest absolute Gasteiger partial charge is 0.150 e. The molecule has 0 bridgehead atoms. The van der Waals surface area contributed by atoms with Crippen molar-refractivity contribution in [1.29, 1.82) is 0 Å². The van der Waals surface area contributed by atoms with Crippen LogP contribution in [0.3, 0.4) is 0 Å². The third-order valence-electron chi connectivity index (χ3n) is 1.63. The Labute approximate surface area is 67.2 Å². The lowest BCUT2D eigenvalue weighted by molar-refractivity contribution is -0.229. The molecule has 0 unspecified atom stereocenters. The van der Waals surface area contributed by atoms with E-state index in [1.165, 1.54) is 12.3 Å². The molecule has 0 atom stereocenters. The first-order valence-electron chi connectivity index (χ1n) is 3.34. The van der Waals surface area contributed by atoms with Gasteiger partial charge in [-0.05, 0) is 6.08 Å². The van der Waals surface area contributed by atoms with Gasteiger partial charge in [-0.1, -0.05) is 0 Å². The molecule has 1 aromatic heterocycles. The molecule has 0 saturated heterocycles. The first-order chi connectivity index (χ1) is 5.83. The maximum Gasteiger partial charge on any atom is 0.150 e. The predicted octanol–water partition coefficient (Wildman–Crippen LogP) is -1.08. The molecule has 1 aliphatic heterocycles. The van der Waals surface area contributed by atoms with Crippen LogP contribution in [-0.2, 0) is 0 Å². The van der Waals surface area contributed by atoms with E-state index in [1.807, 2.05) is 0 Å². The van der Waals surface area contributed by atoms with E-state index in [1.54, 1.807) is 0 Å². The number of hydrogen-bond acceptors (Lipinski definition) is 3. The minimum absolute atomic E-state index is 0.177. The van der Waals surface area contributed by atoms with Crippen LogP contribution < -0.4 is 15.8 Å². The van der Waals surface area contributed by atoms with E-state index in [0.29, 0.717) is 17.2 Å². The number of fused-ring (bicyclic) bond motifs is 1. The molecule has 3 nitrogen and oxygen atoms in total. The average Bonchev–Trinajstić information content (AvgIpc) is 2.54. The fourth-order valence-electron chi connectivity index (χ4n) is 1.07. The summed E-state index contributed by atoms with van der Waals surface area (Å²) in [6.45, 7) is 0. The first-order valence-corrected chi connectivity index (χ1v) is 3.34. The molecule has 0 saturated carbocycles. The predicted molar refractivity (Wildman–Crippen MR) is 38.5 cm³/mol. The Hall–Kier alpha value is -1.71. The van der Waals surface area contributed by atoms with Crippen molar-refractivity contribution in [2.75, 3.05) is 0 Å². The molecular formula is C8H4FN2O-. The Morgan fingerprint density at radius 1 is 1.50 bits per heavy atom. The Morgan fingerprint density at radius 3 is 3.08 bits per heavy atom. The molecule has 12 heavy (non-hydrogen) atoms. The SMILES string of the molecule is [O-]C=c1ncc(F)c2c1=NC=C2. The Morgan fingerprint density at radius 2 is 2.33 bits per heavy atom. The van der Waals surface area contributed by atoms with E-state index in [-0.39, 0.29) is 5.35 Å². The van der Waals surface area contributed by atoms with E-state index >= 15 is 0 Å². The number of rotatable bonds is 0. The summed E-state index contributed by atoms with van der Waals surface area (Å²) in [6.07, 6.45) is 4.55. The molecule has 0 fully saturated rings. The molecule has 2 rings (SSSR count). The summed E-state index contributed by atoms with van der Waals surface area (Å²) in [4.78, 5) is 7.41. The zero-order valence-corrected chi connectivity index (χ0v) is 5.99. The largest absolute Gasteiger partial charge is 0.876 e. The van der Waals surface area contributed by atoms with Crippen LogP contribution in [0.2, 0.25) is 0 Å². The average molecular weight is 163 g/mol. The highest BCUT2D eigenvalue weighted by molar-refractivity contribution is 5.51. The van der Waals surface area contributed by atoms with E-state index in [4.69, 9.17) is 0 Å². The Balaban J connectivity index is 2.95. The summed E-state index contributed by atoms with van der Waals surface area (Å²) >= 11 is 0. The second-order valence-electron chi connectivity index (χ2n) is 2.32. The van der Waals surface area contributed by atoms with Crippen LogP contribution in [-0.4, -0.2) is 4.98 Å². The summed E-state index contributed by atoms with van der Waals surface area (Å²) in [5.41, 5.74) is 0.340. The molecule has 60 valence electrons. The highest BCUT2D eigenvalue weighted by Gasteiger charge is 2.05. The van der Waals surface area contributed by atoms with Crippen LogP contribution in [0.25, 0.3) is 12.3 Å². The normalized spacial score (nSPS) is 14.6. The van der Waals surface area contributed by atoms with Gasteiger partial charge < -0.3 is 5.11 Å². The van der Waals surface area contributed by atoms with Gasteiger partial charge >= 0.3 is 0 Å². The lowest BCUT2D eigenvalue weighted by atomic mass is 10.2. The number of aromatic nitrogens is 1. The van der Waals surface area contributed by atoms with Crippen LogP contribution in [0, 0.1) is 5.82 Å². The molecule has 2 heterocycles. The van der Waals surface area contributed by atoms with Crippen molar-refractivity contribution >= 4 is 12.3 Å². The lowest BCUT2D eigenvalue weighted by Gasteiger charge is -1.95. The molecule has 0 spiro atoms. The zero-order chi connectivity index (χ0) is 8.55. The Bertz CT molecular complexity index is 465. The molecule has 1 aliphatic rings. The van der Waals surface area contributed by atoms with Gasteiger partial charge in [0, 0.05) is 11.8 Å². The van der Waals surface area contributed by atoms with Gasteiger partial charge in [-0.25, -0.2) is 4.39 Å². The zero-order valence-electron chi connectivity index (χ0n) is 5.99. The summed E-state index contributed by atoms with van der Waals surface area (Å²) in [6, 6.07) is 0. The molecule has 4 heteroatoms. The maximum absolute atomic E-state index is 12.9. The standard InChI is InChI=1S/C8H5FN2O/c9-6-3-11-7(4-12)8-5(6)1-2-10-8/h1-4,12H/p-1. The van der Waals surface area contributed by atoms with E-state index < -0.39 is 5.82 Å². The number of halogens is 1. The van der Waals surface area contributed by atoms with E-state index in [9.17, 15) is 9.50 Å². The fourth-order valence-corrected chi connectivity index (χ4v) is 1.07. The highest BCUT2D eigenvalue weighted by atomic mass is 19.1. The van der Waals surface area contributed by atoms with Crippen molar-refractivity contribution in [2.24, 2.45) is 4.99 Å². The van der Waals surface area contributed by atoms with Crippen LogP contribution in [0.4, 0.5) is 4.39 Å². The van der Waals surface area contributed by atoms with Gasteiger partial charge in [-0.2, -0.15) is 0 Å². The van der Waals surface area contributed by atoms with Gasteiger partial charge in [0.05, 0.1) is 16.9 Å². The molecule has 0 radical (unpaired) electrons. The van der Waals surface area contributed by atoms with Crippen molar-refractivity contribution in [2.45, 2.75) is 0 Å². The van der Waals surface area contributed by atoms with E-state index in [2.05, 4.69) is 9.98 Å². The summed E-state index contributed by atoms with van der Waals surface area (Å²) in [5.74, 6) is -0.451. The monoisotopic (exact) mass is 163 g/mol. The maximum atomic E-state index is 12.9. The topological polar surface area (TPSA) is 48.3 Å². The van der Waals surface area contributed by atoms with Crippen LogP contribution in [0.15, 0.2) is 17.4 Å². The molecular weight excluding hydrogens is 159 g/mol. The fraction of sp³-hybridized carbons (Fsp3) is 0. The number of nitrogens with zero attached hydrogens (tertiary/aromatic N) is 2. The van der Waals surface area contributed by atoms with Gasteiger partial charge in [0.1, 0.15) is 0 Å². The number of hydrogen-bond donors (Lipinski definition) is 0. The number of pyridine rings is 1. The first kappa shape index (κ1) is 6.97. The van der Waals surface area contributed by atoms with E-state index in [0.717, 1.165) is 6.20 Å². The van der Waals surface area contributed by atoms with Crippen molar-refractivity contribution in [3.63, 3.8) is 0 Å². The van der Waals surface area contributed by atoms with Crippen LogP contribution in [0.5, 0.6) is 0 Å². The summed E-state index contributed by atoms with van der Waals surface area (Å²) in [7, 11) is 0. The second-order valence-corrected chi connectivity index (χ2v) is 2.32. The molecule has 0 aliphatic carbocycles. The van der Waals surface area contributed by atoms with Gasteiger partial charge in [0.2, 0.25) is 0 Å². The minimum atomic E-state index is -0.451. The second kappa shape index (κ2) is 2.41. The van der Waals surface area contributed by atoms with Crippen molar-refractivity contribution in [3.05, 3.63) is 34.5 Å². The highest BCUT2D eigenvalue weighted by Crippen LogP contribution is 2.03. The molecule has 1 aromatic rings. The van der Waals surface area contributed by atoms with Crippen molar-refractivity contribution < 1.29 is 9.50 Å². The minimum Gasteiger partial charge on any atom is -0.876 e. The van der Waals surface area contributed by atoms with Gasteiger partial charge in [-0.3, -0.25) is 9.98 Å². The van der Waals surface area contributed by atoms with Crippen molar-refractivity contribution in [3.8, 4) is 0 Å². The molecule has 0 N–H and O–H groups in total. The van der Waals surface area contributed by atoms with Crippen LogP contribution >= 0.6 is 0 Å². The lowest BCUT2D eigenvalue weighted by Crippen LogP contribution is -2.32. The Kier molecular flexibility index (Phi) is 1.40.